The number of hydrogen-bond donors (Lipinski definition) is 0. The summed E-state index contributed by atoms with van der Waals surface area (Å²) in [5.41, 5.74) is 3.17. The van der Waals surface area contributed by atoms with E-state index < -0.39 is 0 Å². The molecule has 134 valence electrons. The summed E-state index contributed by atoms with van der Waals surface area (Å²) in [5, 5.41) is 1.17. The number of nitrogens with zero attached hydrogens (tertiary/aromatic N) is 4. The van der Waals surface area contributed by atoms with Gasteiger partial charge in [-0.05, 0) is 55.7 Å². The summed E-state index contributed by atoms with van der Waals surface area (Å²) in [6.45, 7) is 2.23. The van der Waals surface area contributed by atoms with Gasteiger partial charge < -0.3 is 4.90 Å². The monoisotopic (exact) mass is 372 g/mol. The predicted molar refractivity (Wildman–Crippen MR) is 112 cm³/mol. The highest BCUT2D eigenvalue weighted by molar-refractivity contribution is 7.21. The Balaban J connectivity index is 1.44. The maximum atomic E-state index is 4.88. The molecule has 5 rings (SSSR count). The van der Waals surface area contributed by atoms with Crippen LogP contribution in [0.15, 0.2) is 61.1 Å². The molecule has 0 bridgehead atoms. The van der Waals surface area contributed by atoms with E-state index in [2.05, 4.69) is 46.3 Å². The van der Waals surface area contributed by atoms with E-state index in [9.17, 15) is 0 Å². The number of rotatable bonds is 3. The Labute approximate surface area is 162 Å². The van der Waals surface area contributed by atoms with Crippen LogP contribution in [0.4, 0.5) is 5.82 Å². The first-order valence-corrected chi connectivity index (χ1v) is 10.2. The Kier molecular flexibility index (Phi) is 4.30. The van der Waals surface area contributed by atoms with Crippen LogP contribution in [0.5, 0.6) is 0 Å². The number of pyridine rings is 3. The first-order chi connectivity index (χ1) is 13.4. The van der Waals surface area contributed by atoms with Gasteiger partial charge in [0.15, 0.2) is 0 Å². The quantitative estimate of drug-likeness (QED) is 0.482. The third-order valence-electron chi connectivity index (χ3n) is 5.05. The summed E-state index contributed by atoms with van der Waals surface area (Å²) >= 11 is 1.71. The Morgan fingerprint density at radius 1 is 0.889 bits per heavy atom. The summed E-state index contributed by atoms with van der Waals surface area (Å²) in [6.07, 6.45) is 9.51. The van der Waals surface area contributed by atoms with Crippen LogP contribution in [0.2, 0.25) is 0 Å². The summed E-state index contributed by atoms with van der Waals surface area (Å²) in [5.74, 6) is 1.08. The molecule has 1 aliphatic heterocycles. The molecule has 1 aliphatic rings. The van der Waals surface area contributed by atoms with Crippen molar-refractivity contribution in [3.05, 3.63) is 61.1 Å². The van der Waals surface area contributed by atoms with Gasteiger partial charge in [-0.1, -0.05) is 6.07 Å². The van der Waals surface area contributed by atoms with Crippen LogP contribution >= 0.6 is 11.3 Å². The van der Waals surface area contributed by atoms with Gasteiger partial charge in [-0.25, -0.2) is 9.97 Å². The summed E-state index contributed by atoms with van der Waals surface area (Å²) in [6, 6.07) is 14.7. The van der Waals surface area contributed by atoms with E-state index in [0.29, 0.717) is 0 Å². The van der Waals surface area contributed by atoms with Gasteiger partial charge in [0.2, 0.25) is 0 Å². The minimum Gasteiger partial charge on any atom is -0.357 e. The van der Waals surface area contributed by atoms with Crippen molar-refractivity contribution in [1.82, 2.24) is 15.0 Å². The number of anilines is 1. The van der Waals surface area contributed by atoms with E-state index in [1.54, 1.807) is 17.5 Å². The number of aromatic nitrogens is 3. The molecule has 4 aromatic heterocycles. The molecule has 0 unspecified atom stereocenters. The van der Waals surface area contributed by atoms with Crippen molar-refractivity contribution in [2.45, 2.75) is 19.3 Å². The minimum atomic E-state index is 0.972. The van der Waals surface area contributed by atoms with E-state index in [-0.39, 0.29) is 0 Å². The zero-order valence-corrected chi connectivity index (χ0v) is 15.8. The molecule has 0 saturated carbocycles. The van der Waals surface area contributed by atoms with Crippen LogP contribution in [-0.2, 0) is 0 Å². The first kappa shape index (κ1) is 16.4. The standard InChI is InChI=1S/C22H20N4S/c1-2-11-26(12-3-1)21-9-7-17(15-24-21)19-8-6-16-13-20(27-22(16)25-19)18-5-4-10-23-14-18/h4-10,13-15H,1-3,11-12H2. The van der Waals surface area contributed by atoms with Gasteiger partial charge in [0.25, 0.3) is 0 Å². The van der Waals surface area contributed by atoms with Gasteiger partial charge in [0, 0.05) is 53.1 Å². The summed E-state index contributed by atoms with van der Waals surface area (Å²) in [7, 11) is 0. The molecule has 5 heterocycles. The Hall–Kier alpha value is -2.79. The smallest absolute Gasteiger partial charge is 0.128 e. The fraction of sp³-hybridized carbons (Fsp3) is 0.227. The number of thiophene rings is 1. The Morgan fingerprint density at radius 2 is 1.81 bits per heavy atom. The molecule has 1 saturated heterocycles. The summed E-state index contributed by atoms with van der Waals surface area (Å²) in [4.78, 5) is 18.4. The van der Waals surface area contributed by atoms with Gasteiger partial charge in [0.05, 0.1) is 5.69 Å². The van der Waals surface area contributed by atoms with Crippen molar-refractivity contribution >= 4 is 27.4 Å². The fourth-order valence-electron chi connectivity index (χ4n) is 3.58. The lowest BCUT2D eigenvalue weighted by Crippen LogP contribution is -2.29. The molecular formula is C22H20N4S. The molecule has 1 fully saturated rings. The van der Waals surface area contributed by atoms with E-state index in [0.717, 1.165) is 40.6 Å². The van der Waals surface area contributed by atoms with E-state index in [1.165, 1.54) is 29.5 Å². The van der Waals surface area contributed by atoms with E-state index >= 15 is 0 Å². The third kappa shape index (κ3) is 3.30. The van der Waals surface area contributed by atoms with Crippen molar-refractivity contribution in [3.8, 4) is 21.7 Å². The Morgan fingerprint density at radius 3 is 2.59 bits per heavy atom. The second-order valence-corrected chi connectivity index (χ2v) is 7.93. The second kappa shape index (κ2) is 7.08. The van der Waals surface area contributed by atoms with Gasteiger partial charge >= 0.3 is 0 Å². The molecule has 0 aliphatic carbocycles. The third-order valence-corrected chi connectivity index (χ3v) is 6.15. The molecular weight excluding hydrogens is 352 g/mol. The van der Waals surface area contributed by atoms with E-state index in [1.807, 2.05) is 18.5 Å². The summed E-state index contributed by atoms with van der Waals surface area (Å²) < 4.78 is 0. The molecule has 27 heavy (non-hydrogen) atoms. The molecule has 0 spiro atoms. The molecule has 5 heteroatoms. The zero-order valence-electron chi connectivity index (χ0n) is 15.0. The van der Waals surface area contributed by atoms with Crippen LogP contribution in [0, 0.1) is 0 Å². The maximum Gasteiger partial charge on any atom is 0.128 e. The van der Waals surface area contributed by atoms with Crippen molar-refractivity contribution in [2.75, 3.05) is 18.0 Å². The molecule has 0 N–H and O–H groups in total. The van der Waals surface area contributed by atoms with Gasteiger partial charge in [-0.2, -0.15) is 0 Å². The lowest BCUT2D eigenvalue weighted by molar-refractivity contribution is 0.573. The van der Waals surface area contributed by atoms with Crippen molar-refractivity contribution in [3.63, 3.8) is 0 Å². The van der Waals surface area contributed by atoms with Gasteiger partial charge in [-0.15, -0.1) is 11.3 Å². The van der Waals surface area contributed by atoms with Crippen molar-refractivity contribution in [1.29, 1.82) is 0 Å². The second-order valence-electron chi connectivity index (χ2n) is 6.90. The van der Waals surface area contributed by atoms with Gasteiger partial charge in [0.1, 0.15) is 10.6 Å². The highest BCUT2D eigenvalue weighted by Crippen LogP contribution is 2.33. The van der Waals surface area contributed by atoms with Crippen molar-refractivity contribution in [2.24, 2.45) is 0 Å². The minimum absolute atomic E-state index is 0.972. The van der Waals surface area contributed by atoms with Crippen LogP contribution in [-0.4, -0.2) is 28.0 Å². The number of piperidine rings is 1. The average molecular weight is 372 g/mol. The highest BCUT2D eigenvalue weighted by atomic mass is 32.1. The molecule has 0 atom stereocenters. The topological polar surface area (TPSA) is 41.9 Å². The predicted octanol–water partition coefficient (Wildman–Crippen LogP) is 5.41. The number of fused-ring (bicyclic) bond motifs is 1. The SMILES string of the molecule is c1cncc(-c2cc3ccc(-c4ccc(N5CCCCC5)nc4)nc3s2)c1. The average Bonchev–Trinajstić information content (AvgIpc) is 3.19. The lowest BCUT2D eigenvalue weighted by atomic mass is 10.1. The Bertz CT molecular complexity index is 1050. The molecule has 4 aromatic rings. The fourth-order valence-corrected chi connectivity index (χ4v) is 4.60. The normalized spacial score (nSPS) is 14.6. The molecule has 0 radical (unpaired) electrons. The van der Waals surface area contributed by atoms with E-state index in [4.69, 9.17) is 9.97 Å². The molecule has 4 nitrogen and oxygen atoms in total. The lowest BCUT2D eigenvalue weighted by Gasteiger charge is -2.27. The number of hydrogen-bond acceptors (Lipinski definition) is 5. The zero-order chi connectivity index (χ0) is 18.1. The first-order valence-electron chi connectivity index (χ1n) is 9.39. The highest BCUT2D eigenvalue weighted by Gasteiger charge is 2.13. The van der Waals surface area contributed by atoms with Crippen molar-refractivity contribution < 1.29 is 0 Å². The largest absolute Gasteiger partial charge is 0.357 e. The van der Waals surface area contributed by atoms with Gasteiger partial charge in [-0.3, -0.25) is 4.98 Å². The van der Waals surface area contributed by atoms with Crippen LogP contribution in [0.25, 0.3) is 31.9 Å². The molecule has 0 aromatic carbocycles. The van der Waals surface area contributed by atoms with Crippen LogP contribution in [0.3, 0.4) is 0 Å². The molecule has 0 amide bonds. The maximum absolute atomic E-state index is 4.88. The van der Waals surface area contributed by atoms with Crippen LogP contribution < -0.4 is 4.90 Å². The van der Waals surface area contributed by atoms with Crippen LogP contribution in [0.1, 0.15) is 19.3 Å².